The van der Waals surface area contributed by atoms with Gasteiger partial charge in [-0.1, -0.05) is 18.6 Å². The molecule has 3 aromatic rings. The van der Waals surface area contributed by atoms with Crippen molar-refractivity contribution in [3.8, 4) is 5.75 Å². The summed E-state index contributed by atoms with van der Waals surface area (Å²) >= 11 is 0. The van der Waals surface area contributed by atoms with Crippen LogP contribution in [0, 0.1) is 11.6 Å². The number of ether oxygens (including phenoxy) is 2. The Morgan fingerprint density at radius 3 is 2.69 bits per heavy atom. The van der Waals surface area contributed by atoms with Gasteiger partial charge in [0.25, 0.3) is 0 Å². The number of nitrogens with two attached hydrogens (primary N) is 1. The highest BCUT2D eigenvalue weighted by atomic mass is 19.2. The maximum atomic E-state index is 13.9. The van der Waals surface area contributed by atoms with E-state index in [1.54, 1.807) is 12.1 Å². The molecule has 0 aliphatic heterocycles. The van der Waals surface area contributed by atoms with E-state index in [1.807, 2.05) is 10.6 Å². The molecule has 0 radical (unpaired) electrons. The number of nitrogens with zero attached hydrogens (tertiary/aromatic N) is 1. The molecule has 4 rings (SSSR count). The van der Waals surface area contributed by atoms with Gasteiger partial charge in [-0.3, -0.25) is 4.79 Å². The van der Waals surface area contributed by atoms with E-state index in [1.165, 1.54) is 19.2 Å². The predicted molar refractivity (Wildman–Crippen MR) is 114 cm³/mol. The van der Waals surface area contributed by atoms with Crippen molar-refractivity contribution in [1.82, 2.24) is 4.57 Å². The lowest BCUT2D eigenvalue weighted by Crippen LogP contribution is -2.21. The van der Waals surface area contributed by atoms with Crippen molar-refractivity contribution in [2.75, 3.05) is 13.7 Å². The van der Waals surface area contributed by atoms with Crippen LogP contribution >= 0.6 is 0 Å². The summed E-state index contributed by atoms with van der Waals surface area (Å²) < 4.78 is 39.7. The van der Waals surface area contributed by atoms with E-state index in [0.29, 0.717) is 29.5 Å². The Morgan fingerprint density at radius 2 is 1.97 bits per heavy atom. The molecule has 1 aliphatic rings. The van der Waals surface area contributed by atoms with Gasteiger partial charge in [0.2, 0.25) is 5.91 Å². The number of carbonyl (C=O) groups excluding carboxylic acids is 2. The van der Waals surface area contributed by atoms with Crippen LogP contribution in [0.4, 0.5) is 8.78 Å². The molecule has 1 aromatic heterocycles. The van der Waals surface area contributed by atoms with Crippen molar-refractivity contribution >= 4 is 22.8 Å². The van der Waals surface area contributed by atoms with Gasteiger partial charge in [0.15, 0.2) is 18.2 Å². The van der Waals surface area contributed by atoms with E-state index in [0.717, 1.165) is 35.7 Å². The number of methoxy groups -OCH3 is 1. The van der Waals surface area contributed by atoms with E-state index in [2.05, 4.69) is 4.74 Å². The van der Waals surface area contributed by atoms with Gasteiger partial charge < -0.3 is 19.8 Å². The zero-order valence-electron chi connectivity index (χ0n) is 17.7. The fraction of sp³-hybridized carbons (Fsp3) is 0.333. The molecule has 0 saturated heterocycles. The Bertz CT molecular complexity index is 1190. The molecule has 168 valence electrons. The maximum absolute atomic E-state index is 13.9. The summed E-state index contributed by atoms with van der Waals surface area (Å²) in [5.41, 5.74) is 8.84. The summed E-state index contributed by atoms with van der Waals surface area (Å²) in [5, 5.41) is 0.708. The second kappa shape index (κ2) is 8.98. The summed E-state index contributed by atoms with van der Waals surface area (Å²) in [5.74, 6) is -2.84. The second-order valence-electron chi connectivity index (χ2n) is 7.91. The van der Waals surface area contributed by atoms with Crippen LogP contribution in [0.15, 0.2) is 36.4 Å². The van der Waals surface area contributed by atoms with Gasteiger partial charge in [-0.2, -0.15) is 0 Å². The van der Waals surface area contributed by atoms with Crippen molar-refractivity contribution in [1.29, 1.82) is 0 Å². The number of rotatable bonds is 6. The number of amides is 1. The molecular weight excluding hydrogens is 418 g/mol. The van der Waals surface area contributed by atoms with Gasteiger partial charge in [-0.15, -0.1) is 0 Å². The standard InChI is InChI=1S/C24H24F2N2O4/c1-31-21(29)13-32-20-8-4-7-19-23(20)22-15(24(27)30)5-2-3-6-18(22)28(19)12-14-9-10-16(25)17(26)11-14/h4,7-11,15H,2-3,5-6,12-13H2,1H3,(H2,27,30). The third kappa shape index (κ3) is 4.04. The van der Waals surface area contributed by atoms with Crippen molar-refractivity contribution in [2.45, 2.75) is 38.1 Å². The average Bonchev–Trinajstić information content (AvgIpc) is 2.93. The summed E-state index contributed by atoms with van der Waals surface area (Å²) in [6, 6.07) is 9.22. The lowest BCUT2D eigenvalue weighted by Gasteiger charge is -2.14. The molecule has 6 nitrogen and oxygen atoms in total. The summed E-state index contributed by atoms with van der Waals surface area (Å²) in [7, 11) is 1.28. The first-order valence-electron chi connectivity index (χ1n) is 10.5. The van der Waals surface area contributed by atoms with Crippen LogP contribution in [-0.2, 0) is 27.3 Å². The number of esters is 1. The van der Waals surface area contributed by atoms with Crippen LogP contribution in [0.25, 0.3) is 10.9 Å². The van der Waals surface area contributed by atoms with Crippen molar-refractivity contribution in [3.05, 3.63) is 64.9 Å². The molecule has 0 bridgehead atoms. The Kier molecular flexibility index (Phi) is 6.12. The first kappa shape index (κ1) is 21.8. The lowest BCUT2D eigenvalue weighted by molar-refractivity contribution is -0.142. The quantitative estimate of drug-likeness (QED) is 0.465. The number of aromatic nitrogens is 1. The Hall–Kier alpha value is -3.42. The van der Waals surface area contributed by atoms with E-state index in [4.69, 9.17) is 10.5 Å². The average molecular weight is 442 g/mol. The molecule has 1 heterocycles. The summed E-state index contributed by atoms with van der Waals surface area (Å²) in [6.45, 7) is 0.00888. The SMILES string of the molecule is COC(=O)COc1cccc2c1c1c(n2Cc2ccc(F)c(F)c2)CCCCC1C(N)=O. The maximum Gasteiger partial charge on any atom is 0.343 e. The Labute approximate surface area is 183 Å². The second-order valence-corrected chi connectivity index (χ2v) is 7.91. The van der Waals surface area contributed by atoms with Crippen LogP contribution in [0.5, 0.6) is 5.75 Å². The monoisotopic (exact) mass is 442 g/mol. The minimum atomic E-state index is -0.915. The van der Waals surface area contributed by atoms with Crippen LogP contribution in [0.3, 0.4) is 0 Å². The molecule has 0 saturated carbocycles. The van der Waals surface area contributed by atoms with Crippen LogP contribution in [0.2, 0.25) is 0 Å². The molecule has 2 aromatic carbocycles. The van der Waals surface area contributed by atoms with Crippen LogP contribution < -0.4 is 10.5 Å². The normalized spacial score (nSPS) is 15.8. The molecule has 8 heteroatoms. The molecule has 0 fully saturated rings. The lowest BCUT2D eigenvalue weighted by atomic mass is 9.92. The molecule has 0 spiro atoms. The number of carbonyl (C=O) groups is 2. The Morgan fingerprint density at radius 1 is 1.16 bits per heavy atom. The molecule has 1 amide bonds. The molecule has 32 heavy (non-hydrogen) atoms. The van der Waals surface area contributed by atoms with E-state index in [9.17, 15) is 18.4 Å². The van der Waals surface area contributed by atoms with Gasteiger partial charge in [0, 0.05) is 17.6 Å². The van der Waals surface area contributed by atoms with Crippen molar-refractivity contribution in [3.63, 3.8) is 0 Å². The largest absolute Gasteiger partial charge is 0.481 e. The van der Waals surface area contributed by atoms with E-state index in [-0.39, 0.29) is 13.2 Å². The minimum absolute atomic E-state index is 0.278. The van der Waals surface area contributed by atoms with Crippen LogP contribution in [-0.4, -0.2) is 30.2 Å². The van der Waals surface area contributed by atoms with Gasteiger partial charge in [0.05, 0.1) is 18.5 Å². The first-order chi connectivity index (χ1) is 15.4. The fourth-order valence-corrected chi connectivity index (χ4v) is 4.48. The topological polar surface area (TPSA) is 83.6 Å². The third-order valence-corrected chi connectivity index (χ3v) is 5.95. The smallest absolute Gasteiger partial charge is 0.343 e. The van der Waals surface area contributed by atoms with Gasteiger partial charge in [0.1, 0.15) is 5.75 Å². The van der Waals surface area contributed by atoms with Gasteiger partial charge in [-0.25, -0.2) is 13.6 Å². The first-order valence-corrected chi connectivity index (χ1v) is 10.5. The highest BCUT2D eigenvalue weighted by Crippen LogP contribution is 2.42. The van der Waals surface area contributed by atoms with Crippen molar-refractivity contribution < 1.29 is 27.8 Å². The third-order valence-electron chi connectivity index (χ3n) is 5.95. The Balaban J connectivity index is 1.91. The number of fused-ring (bicyclic) bond motifs is 3. The fourth-order valence-electron chi connectivity index (χ4n) is 4.48. The highest BCUT2D eigenvalue weighted by Gasteiger charge is 2.31. The molecule has 1 aliphatic carbocycles. The molecular formula is C24H24F2N2O4. The van der Waals surface area contributed by atoms with Gasteiger partial charge in [-0.05, 0) is 54.7 Å². The number of halogens is 2. The number of hydrogen-bond donors (Lipinski definition) is 1. The van der Waals surface area contributed by atoms with Crippen molar-refractivity contribution in [2.24, 2.45) is 5.73 Å². The molecule has 1 atom stereocenters. The van der Waals surface area contributed by atoms with Crippen LogP contribution in [0.1, 0.15) is 42.0 Å². The number of primary amides is 1. The number of hydrogen-bond acceptors (Lipinski definition) is 4. The van der Waals surface area contributed by atoms with E-state index < -0.39 is 29.4 Å². The molecule has 2 N–H and O–H groups in total. The minimum Gasteiger partial charge on any atom is -0.481 e. The van der Waals surface area contributed by atoms with Gasteiger partial charge >= 0.3 is 5.97 Å². The highest BCUT2D eigenvalue weighted by molar-refractivity contribution is 5.97. The zero-order valence-corrected chi connectivity index (χ0v) is 17.7. The number of benzene rings is 2. The summed E-state index contributed by atoms with van der Waals surface area (Å²) in [6.07, 6.45) is 3.01. The van der Waals surface area contributed by atoms with E-state index >= 15 is 0 Å². The summed E-state index contributed by atoms with van der Waals surface area (Å²) in [4.78, 5) is 24.0. The predicted octanol–water partition coefficient (Wildman–Crippen LogP) is 3.81. The molecule has 1 unspecified atom stereocenters. The zero-order chi connectivity index (χ0) is 22.8.